The lowest BCUT2D eigenvalue weighted by Gasteiger charge is -2.10. The molecule has 134 valence electrons. The number of imidazole rings is 1. The van der Waals surface area contributed by atoms with Crippen LogP contribution in [0.2, 0.25) is 0 Å². The highest BCUT2D eigenvalue weighted by molar-refractivity contribution is 7.92. The molecule has 7 nitrogen and oxygen atoms in total. The predicted octanol–water partition coefficient (Wildman–Crippen LogP) is 2.61. The Bertz CT molecular complexity index is 1230. The monoisotopic (exact) mass is 378 g/mol. The van der Waals surface area contributed by atoms with Crippen LogP contribution >= 0.6 is 0 Å². The molecule has 0 bridgehead atoms. The number of sulfonamides is 1. The summed E-state index contributed by atoms with van der Waals surface area (Å²) < 4.78 is 31.5. The van der Waals surface area contributed by atoms with Crippen molar-refractivity contribution in [3.05, 3.63) is 79.9 Å². The molecule has 0 aliphatic rings. The van der Waals surface area contributed by atoms with Crippen LogP contribution in [0.4, 0.5) is 5.82 Å². The number of nitrogens with one attached hydrogen (secondary N) is 1. The SMILES string of the molecule is C=C[n+]1ccn(-c2nc3ccccc3nc2NS(=O)(=O)c2ccccc2)c1. The molecule has 8 heteroatoms. The van der Waals surface area contributed by atoms with Crippen LogP contribution in [0.15, 0.2) is 84.8 Å². The average Bonchev–Trinajstić information content (AvgIpc) is 3.17. The van der Waals surface area contributed by atoms with Gasteiger partial charge in [0.25, 0.3) is 22.2 Å². The summed E-state index contributed by atoms with van der Waals surface area (Å²) in [7, 11) is -3.80. The molecule has 27 heavy (non-hydrogen) atoms. The minimum atomic E-state index is -3.80. The number of fused-ring (bicyclic) bond motifs is 1. The summed E-state index contributed by atoms with van der Waals surface area (Å²) in [5, 5.41) is 0. The zero-order chi connectivity index (χ0) is 18.9. The first-order valence-corrected chi connectivity index (χ1v) is 9.61. The molecule has 0 unspecified atom stereocenters. The van der Waals surface area contributed by atoms with E-state index < -0.39 is 10.0 Å². The van der Waals surface area contributed by atoms with E-state index in [1.165, 1.54) is 12.1 Å². The molecule has 0 saturated heterocycles. The van der Waals surface area contributed by atoms with E-state index in [9.17, 15) is 8.42 Å². The number of benzene rings is 2. The molecule has 0 fully saturated rings. The van der Waals surface area contributed by atoms with Crippen LogP contribution in [-0.4, -0.2) is 23.0 Å². The smallest absolute Gasteiger partial charge is 0.258 e. The van der Waals surface area contributed by atoms with Crippen molar-refractivity contribution >= 4 is 33.1 Å². The zero-order valence-electron chi connectivity index (χ0n) is 14.2. The topological polar surface area (TPSA) is 80.8 Å². The Hall–Kier alpha value is -3.52. The van der Waals surface area contributed by atoms with Gasteiger partial charge in [-0.15, -0.1) is 0 Å². The molecule has 0 amide bonds. The second-order valence-corrected chi connectivity index (χ2v) is 7.44. The maximum absolute atomic E-state index is 12.8. The molecule has 0 aliphatic heterocycles. The average molecular weight is 378 g/mol. The Kier molecular flexibility index (Phi) is 4.17. The third-order valence-electron chi connectivity index (χ3n) is 3.95. The van der Waals surface area contributed by atoms with Crippen molar-refractivity contribution in [2.75, 3.05) is 4.72 Å². The quantitative estimate of drug-likeness (QED) is 0.541. The maximum Gasteiger partial charge on any atom is 0.270 e. The fourth-order valence-corrected chi connectivity index (χ4v) is 3.65. The van der Waals surface area contributed by atoms with Gasteiger partial charge in [-0.1, -0.05) is 36.9 Å². The predicted molar refractivity (Wildman–Crippen MR) is 103 cm³/mol. The Balaban J connectivity index is 1.87. The Morgan fingerprint density at radius 3 is 2.33 bits per heavy atom. The molecule has 0 radical (unpaired) electrons. The van der Waals surface area contributed by atoms with Crippen LogP contribution in [-0.2, 0) is 10.0 Å². The van der Waals surface area contributed by atoms with Crippen LogP contribution in [0.5, 0.6) is 0 Å². The van der Waals surface area contributed by atoms with Gasteiger partial charge in [-0.3, -0.25) is 4.72 Å². The van der Waals surface area contributed by atoms with Crippen molar-refractivity contribution in [3.63, 3.8) is 0 Å². The minimum Gasteiger partial charge on any atom is -0.258 e. The van der Waals surface area contributed by atoms with E-state index in [2.05, 4.69) is 21.3 Å². The summed E-state index contributed by atoms with van der Waals surface area (Å²) in [6.45, 7) is 3.71. The lowest BCUT2D eigenvalue weighted by atomic mass is 10.3. The molecule has 4 rings (SSSR count). The fraction of sp³-hybridized carbons (Fsp3) is 0. The van der Waals surface area contributed by atoms with Gasteiger partial charge in [0.15, 0.2) is 0 Å². The van der Waals surface area contributed by atoms with Gasteiger partial charge in [0, 0.05) is 0 Å². The molecular weight excluding hydrogens is 362 g/mol. The van der Waals surface area contributed by atoms with Gasteiger partial charge in [-0.25, -0.2) is 23.0 Å². The van der Waals surface area contributed by atoms with Gasteiger partial charge in [0.2, 0.25) is 5.82 Å². The maximum atomic E-state index is 12.8. The van der Waals surface area contributed by atoms with Gasteiger partial charge in [0.1, 0.15) is 12.4 Å². The van der Waals surface area contributed by atoms with Crippen molar-refractivity contribution < 1.29 is 13.0 Å². The summed E-state index contributed by atoms with van der Waals surface area (Å²) in [4.78, 5) is 9.24. The molecular formula is C19H16N5O2S+. The first kappa shape index (κ1) is 16.9. The first-order chi connectivity index (χ1) is 13.1. The van der Waals surface area contributed by atoms with Crippen molar-refractivity contribution in [3.8, 4) is 5.82 Å². The summed E-state index contributed by atoms with van der Waals surface area (Å²) >= 11 is 0. The standard InChI is InChI=1S/C19H16N5O2S/c1-2-23-12-13-24(14-23)19-18(20-16-10-6-7-11-17(16)21-19)22-27(25,26)15-8-4-3-5-9-15/h2-14H,1H2,(H,20,22)/q+1. The molecule has 2 aromatic heterocycles. The summed E-state index contributed by atoms with van der Waals surface area (Å²) in [6.07, 6.45) is 6.88. The number of para-hydroxylation sites is 2. The molecule has 0 spiro atoms. The van der Waals surface area contributed by atoms with Gasteiger partial charge in [0.05, 0.1) is 22.1 Å². The minimum absolute atomic E-state index is 0.143. The van der Waals surface area contributed by atoms with Gasteiger partial charge in [-0.05, 0) is 24.3 Å². The van der Waals surface area contributed by atoms with E-state index >= 15 is 0 Å². The largest absolute Gasteiger partial charge is 0.270 e. The van der Waals surface area contributed by atoms with Crippen molar-refractivity contribution in [1.82, 2.24) is 14.5 Å². The number of hydrogen-bond acceptors (Lipinski definition) is 4. The number of hydrogen-bond donors (Lipinski definition) is 1. The van der Waals surface area contributed by atoms with E-state index in [-0.39, 0.29) is 10.7 Å². The van der Waals surface area contributed by atoms with Crippen molar-refractivity contribution in [2.45, 2.75) is 4.90 Å². The Morgan fingerprint density at radius 1 is 1.00 bits per heavy atom. The van der Waals surface area contributed by atoms with Gasteiger partial charge in [-0.2, -0.15) is 4.57 Å². The van der Waals surface area contributed by atoms with E-state index in [0.29, 0.717) is 16.9 Å². The van der Waals surface area contributed by atoms with Crippen LogP contribution < -0.4 is 9.29 Å². The van der Waals surface area contributed by atoms with Crippen LogP contribution in [0.25, 0.3) is 23.1 Å². The first-order valence-electron chi connectivity index (χ1n) is 8.13. The summed E-state index contributed by atoms with van der Waals surface area (Å²) in [6, 6.07) is 15.4. The molecule has 2 heterocycles. The number of nitrogens with zero attached hydrogens (tertiary/aromatic N) is 4. The highest BCUT2D eigenvalue weighted by Gasteiger charge is 2.22. The van der Waals surface area contributed by atoms with Gasteiger partial charge >= 0.3 is 0 Å². The van der Waals surface area contributed by atoms with E-state index in [4.69, 9.17) is 0 Å². The Morgan fingerprint density at radius 2 is 1.67 bits per heavy atom. The molecule has 2 aromatic carbocycles. The van der Waals surface area contributed by atoms with E-state index in [0.717, 1.165) is 0 Å². The third-order valence-corrected chi connectivity index (χ3v) is 5.30. The third kappa shape index (κ3) is 3.30. The Labute approximate surface area is 156 Å². The van der Waals surface area contributed by atoms with Crippen LogP contribution in [0, 0.1) is 0 Å². The van der Waals surface area contributed by atoms with Gasteiger partial charge < -0.3 is 0 Å². The lowest BCUT2D eigenvalue weighted by Crippen LogP contribution is -2.21. The fourth-order valence-electron chi connectivity index (χ4n) is 2.63. The van der Waals surface area contributed by atoms with Crippen molar-refractivity contribution in [1.29, 1.82) is 0 Å². The highest BCUT2D eigenvalue weighted by atomic mass is 32.2. The second-order valence-electron chi connectivity index (χ2n) is 5.75. The van der Waals surface area contributed by atoms with E-state index in [1.807, 2.05) is 18.2 Å². The highest BCUT2D eigenvalue weighted by Crippen LogP contribution is 2.23. The molecule has 4 aromatic rings. The van der Waals surface area contributed by atoms with E-state index in [1.54, 1.807) is 58.3 Å². The molecule has 0 atom stereocenters. The number of anilines is 1. The normalized spacial score (nSPS) is 11.4. The second kappa shape index (κ2) is 6.65. The number of aromatic nitrogens is 4. The summed E-state index contributed by atoms with van der Waals surface area (Å²) in [5.41, 5.74) is 1.25. The van der Waals surface area contributed by atoms with Crippen LogP contribution in [0.3, 0.4) is 0 Å². The van der Waals surface area contributed by atoms with Crippen molar-refractivity contribution in [2.24, 2.45) is 0 Å². The summed E-state index contributed by atoms with van der Waals surface area (Å²) in [5.74, 6) is 0.512. The molecule has 0 saturated carbocycles. The van der Waals surface area contributed by atoms with Crippen LogP contribution in [0.1, 0.15) is 0 Å². The molecule has 0 aliphatic carbocycles. The zero-order valence-corrected chi connectivity index (χ0v) is 15.0. The molecule has 1 N–H and O–H groups in total. The number of rotatable bonds is 5. The lowest BCUT2D eigenvalue weighted by molar-refractivity contribution is -0.566.